The van der Waals surface area contributed by atoms with Gasteiger partial charge in [-0.15, -0.1) is 0 Å². The van der Waals surface area contributed by atoms with Crippen molar-refractivity contribution in [3.63, 3.8) is 0 Å². The number of fused-ring (bicyclic) bond motifs is 1. The Bertz CT molecular complexity index is 1110. The van der Waals surface area contributed by atoms with E-state index < -0.39 is 26.5 Å². The van der Waals surface area contributed by atoms with Crippen LogP contribution in [0.25, 0.3) is 17.1 Å². The fourth-order valence-corrected chi connectivity index (χ4v) is 6.60. The van der Waals surface area contributed by atoms with Gasteiger partial charge in [-0.2, -0.15) is 0 Å². The van der Waals surface area contributed by atoms with Gasteiger partial charge in [-0.05, 0) is 43.9 Å². The molecule has 1 saturated carbocycles. The Labute approximate surface area is 168 Å². The number of para-hydroxylation sites is 2. The van der Waals surface area contributed by atoms with Crippen molar-refractivity contribution < 1.29 is 23.1 Å². The van der Waals surface area contributed by atoms with Crippen LogP contribution in [0, 0.1) is 5.92 Å². The van der Waals surface area contributed by atoms with Gasteiger partial charge in [0.25, 0.3) is 0 Å². The van der Waals surface area contributed by atoms with Gasteiger partial charge in [0.15, 0.2) is 9.84 Å². The zero-order valence-electron chi connectivity index (χ0n) is 15.6. The average Bonchev–Trinajstić information content (AvgIpc) is 2.65. The molecule has 1 aliphatic carbocycles. The summed E-state index contributed by atoms with van der Waals surface area (Å²) >= 11 is 0. The number of carbonyl (C=O) groups is 2. The maximum atomic E-state index is 12.5. The molecule has 1 spiro atoms. The molecule has 2 aromatic rings. The van der Waals surface area contributed by atoms with Crippen molar-refractivity contribution in [2.75, 3.05) is 5.75 Å². The first-order valence-electron chi connectivity index (χ1n) is 9.43. The predicted octanol–water partition coefficient (Wildman–Crippen LogP) is 1.57. The van der Waals surface area contributed by atoms with Gasteiger partial charge in [0.05, 0.1) is 39.3 Å². The summed E-state index contributed by atoms with van der Waals surface area (Å²) in [7, 11) is -3.35. The first-order valence-corrected chi connectivity index (χ1v) is 11.1. The Morgan fingerprint density at radius 1 is 1.17 bits per heavy atom. The minimum absolute atomic E-state index is 0.0375. The van der Waals surface area contributed by atoms with Gasteiger partial charge in [0.2, 0.25) is 5.91 Å². The third kappa shape index (κ3) is 3.74. The van der Waals surface area contributed by atoms with Crippen LogP contribution >= 0.6 is 0 Å². The number of sulfone groups is 1. The second-order valence-corrected chi connectivity index (χ2v) is 10.3. The lowest BCUT2D eigenvalue weighted by molar-refractivity contribution is -0.146. The summed E-state index contributed by atoms with van der Waals surface area (Å²) in [5, 5.41) is 11.9. The van der Waals surface area contributed by atoms with E-state index in [1.54, 1.807) is 12.3 Å². The smallest absolute Gasteiger partial charge is 0.306 e. The standard InChI is InChI=1S/C20H21N3O5S/c24-18(6-5-15-12-21-16-3-1-2-4-17(16)22-15)23-14-7-8-29(27,28)20(11-14)9-13(10-20)19(25)26/h1-6,12-14H,7-11H2,(H,23,24)(H,25,26)/b6-5+. The van der Waals surface area contributed by atoms with Gasteiger partial charge >= 0.3 is 5.97 Å². The number of hydrogen-bond donors (Lipinski definition) is 2. The van der Waals surface area contributed by atoms with Crippen molar-refractivity contribution in [3.8, 4) is 0 Å². The van der Waals surface area contributed by atoms with Crippen LogP contribution in [-0.4, -0.2) is 51.9 Å². The molecule has 29 heavy (non-hydrogen) atoms. The first kappa shape index (κ1) is 19.5. The molecule has 0 bridgehead atoms. The normalized spacial score (nSPS) is 28.3. The number of rotatable bonds is 4. The summed E-state index contributed by atoms with van der Waals surface area (Å²) in [6.45, 7) is 0. The summed E-state index contributed by atoms with van der Waals surface area (Å²) in [5.74, 6) is -1.96. The Balaban J connectivity index is 1.40. The van der Waals surface area contributed by atoms with E-state index in [2.05, 4.69) is 15.3 Å². The second kappa shape index (κ2) is 7.22. The van der Waals surface area contributed by atoms with Gasteiger partial charge in [-0.25, -0.2) is 13.4 Å². The third-order valence-electron chi connectivity index (χ3n) is 5.82. The van der Waals surface area contributed by atoms with Crippen molar-refractivity contribution in [1.82, 2.24) is 15.3 Å². The molecule has 1 aromatic carbocycles. The quantitative estimate of drug-likeness (QED) is 0.726. The Hall–Kier alpha value is -2.81. The number of aromatic nitrogens is 2. The number of benzene rings is 1. The highest BCUT2D eigenvalue weighted by atomic mass is 32.2. The lowest BCUT2D eigenvalue weighted by Gasteiger charge is -2.49. The molecule has 4 rings (SSSR count). The fraction of sp³-hybridized carbons (Fsp3) is 0.400. The molecule has 1 unspecified atom stereocenters. The van der Waals surface area contributed by atoms with Crippen molar-refractivity contribution in [2.45, 2.75) is 36.5 Å². The summed E-state index contributed by atoms with van der Waals surface area (Å²) in [6, 6.07) is 7.13. The average molecular weight is 415 g/mol. The maximum absolute atomic E-state index is 12.5. The molecule has 2 heterocycles. The van der Waals surface area contributed by atoms with Crippen molar-refractivity contribution in [2.24, 2.45) is 5.92 Å². The lowest BCUT2D eigenvalue weighted by Crippen LogP contribution is -2.60. The van der Waals surface area contributed by atoms with Crippen molar-refractivity contribution >= 4 is 38.8 Å². The van der Waals surface area contributed by atoms with Crippen LogP contribution in [0.4, 0.5) is 0 Å². The molecule has 1 amide bonds. The summed E-state index contributed by atoms with van der Waals surface area (Å²) in [4.78, 5) is 32.1. The van der Waals surface area contributed by atoms with E-state index in [1.165, 1.54) is 6.08 Å². The molecule has 1 atom stereocenters. The van der Waals surface area contributed by atoms with E-state index in [9.17, 15) is 18.0 Å². The Kier molecular flexibility index (Phi) is 4.85. The summed E-state index contributed by atoms with van der Waals surface area (Å²) in [5.41, 5.74) is 2.04. The molecular formula is C20H21N3O5S. The molecule has 1 aliphatic heterocycles. The summed E-state index contributed by atoms with van der Waals surface area (Å²) in [6.07, 6.45) is 5.34. The Morgan fingerprint density at radius 2 is 1.90 bits per heavy atom. The molecule has 2 fully saturated rings. The topological polar surface area (TPSA) is 126 Å². The summed E-state index contributed by atoms with van der Waals surface area (Å²) < 4.78 is 23.9. The van der Waals surface area contributed by atoms with Gasteiger partial charge in [-0.3, -0.25) is 14.6 Å². The van der Waals surface area contributed by atoms with Gasteiger partial charge in [0, 0.05) is 12.1 Å². The van der Waals surface area contributed by atoms with Crippen LogP contribution in [0.15, 0.2) is 36.5 Å². The lowest BCUT2D eigenvalue weighted by atomic mass is 9.70. The highest BCUT2D eigenvalue weighted by Crippen LogP contribution is 2.50. The molecule has 1 aromatic heterocycles. The van der Waals surface area contributed by atoms with Crippen LogP contribution in [-0.2, 0) is 19.4 Å². The van der Waals surface area contributed by atoms with Gasteiger partial charge < -0.3 is 10.4 Å². The number of carboxylic acids is 1. The van der Waals surface area contributed by atoms with Crippen LogP contribution in [0.1, 0.15) is 31.4 Å². The van der Waals surface area contributed by atoms with E-state index in [-0.39, 0.29) is 37.0 Å². The minimum Gasteiger partial charge on any atom is -0.481 e. The zero-order valence-corrected chi connectivity index (χ0v) is 16.4. The minimum atomic E-state index is -3.35. The van der Waals surface area contributed by atoms with E-state index in [4.69, 9.17) is 5.11 Å². The highest BCUT2D eigenvalue weighted by molar-refractivity contribution is 7.92. The third-order valence-corrected chi connectivity index (χ3v) is 8.41. The van der Waals surface area contributed by atoms with Gasteiger partial charge in [-0.1, -0.05) is 12.1 Å². The number of nitrogens with zero attached hydrogens (tertiary/aromatic N) is 2. The maximum Gasteiger partial charge on any atom is 0.306 e. The SMILES string of the molecule is O=C(/C=C/c1cnc2ccccc2n1)NC1CCS(=O)(=O)C2(C1)CC(C(=O)O)C2. The first-order chi connectivity index (χ1) is 13.8. The van der Waals surface area contributed by atoms with Crippen LogP contribution in [0.3, 0.4) is 0 Å². The molecule has 1 saturated heterocycles. The molecule has 152 valence electrons. The molecule has 2 aliphatic rings. The number of carboxylic acid groups (broad SMARTS) is 1. The number of hydrogen-bond acceptors (Lipinski definition) is 6. The van der Waals surface area contributed by atoms with E-state index in [0.29, 0.717) is 12.1 Å². The number of carbonyl (C=O) groups excluding carboxylic acids is 1. The van der Waals surface area contributed by atoms with Crippen LogP contribution < -0.4 is 5.32 Å². The zero-order chi connectivity index (χ0) is 20.6. The van der Waals surface area contributed by atoms with Crippen molar-refractivity contribution in [1.29, 1.82) is 0 Å². The van der Waals surface area contributed by atoms with Gasteiger partial charge in [0.1, 0.15) is 0 Å². The highest BCUT2D eigenvalue weighted by Gasteiger charge is 2.58. The number of nitrogens with one attached hydrogen (secondary N) is 1. The molecule has 0 radical (unpaired) electrons. The Morgan fingerprint density at radius 3 is 2.62 bits per heavy atom. The van der Waals surface area contributed by atoms with Crippen LogP contribution in [0.5, 0.6) is 0 Å². The molecule has 9 heteroatoms. The van der Waals surface area contributed by atoms with E-state index in [0.717, 1.165) is 11.0 Å². The van der Waals surface area contributed by atoms with E-state index >= 15 is 0 Å². The monoisotopic (exact) mass is 415 g/mol. The number of amides is 1. The predicted molar refractivity (Wildman–Crippen MR) is 107 cm³/mol. The molecular weight excluding hydrogens is 394 g/mol. The van der Waals surface area contributed by atoms with Crippen molar-refractivity contribution in [3.05, 3.63) is 42.2 Å². The molecule has 2 N–H and O–H groups in total. The largest absolute Gasteiger partial charge is 0.481 e. The van der Waals surface area contributed by atoms with Crippen LogP contribution in [0.2, 0.25) is 0 Å². The number of aliphatic carboxylic acids is 1. The second-order valence-electron chi connectivity index (χ2n) is 7.76. The molecule has 8 nitrogen and oxygen atoms in total. The fourth-order valence-electron chi connectivity index (χ4n) is 4.21. The van der Waals surface area contributed by atoms with E-state index in [1.807, 2.05) is 24.3 Å².